The van der Waals surface area contributed by atoms with Gasteiger partial charge >= 0.3 is 7.25 Å². The van der Waals surface area contributed by atoms with Gasteiger partial charge in [-0.1, -0.05) is 12.1 Å². The van der Waals surface area contributed by atoms with Crippen LogP contribution < -0.4 is 4.74 Å². The molecule has 1 aliphatic rings. The number of hydrogen-bond donors (Lipinski definition) is 1. The van der Waals surface area contributed by atoms with Crippen LogP contribution in [0.1, 0.15) is 24.8 Å². The van der Waals surface area contributed by atoms with Crippen LogP contribution in [0, 0.1) is 5.41 Å². The molecule has 2 rings (SSSR count). The van der Waals surface area contributed by atoms with Crippen molar-refractivity contribution in [1.29, 1.82) is 5.41 Å². The Kier molecular flexibility index (Phi) is 6.52. The van der Waals surface area contributed by atoms with Crippen molar-refractivity contribution in [3.05, 3.63) is 29.8 Å². The Hall–Kier alpha value is -1.73. The van der Waals surface area contributed by atoms with Gasteiger partial charge in [0.1, 0.15) is 5.75 Å². The van der Waals surface area contributed by atoms with Gasteiger partial charge in [-0.05, 0) is 30.5 Å². The minimum atomic E-state index is -6.00. The van der Waals surface area contributed by atoms with Crippen LogP contribution >= 0.6 is 0 Å². The molecule has 0 spiro atoms. The first kappa shape index (κ1) is 17.3. The molecule has 1 aromatic rings. The molecule has 0 bridgehead atoms. The van der Waals surface area contributed by atoms with Crippen molar-refractivity contribution < 1.29 is 22.0 Å². The average Bonchev–Trinajstić information content (AvgIpc) is 2.40. The highest BCUT2D eigenvalue weighted by Crippen LogP contribution is 2.17. The maximum absolute atomic E-state index is 9.75. The summed E-state index contributed by atoms with van der Waals surface area (Å²) in [5.74, 6) is 1.67. The van der Waals surface area contributed by atoms with Crippen LogP contribution in [0.15, 0.2) is 24.3 Å². The minimum absolute atomic E-state index is 0.780. The predicted octanol–water partition coefficient (Wildman–Crippen LogP) is 3.96. The zero-order valence-corrected chi connectivity index (χ0v) is 11.8. The van der Waals surface area contributed by atoms with Crippen molar-refractivity contribution in [1.82, 2.24) is 4.90 Å². The Morgan fingerprint density at radius 3 is 2.19 bits per heavy atom. The molecule has 1 N–H and O–H groups in total. The Morgan fingerprint density at radius 2 is 1.71 bits per heavy atom. The van der Waals surface area contributed by atoms with Crippen LogP contribution in [-0.4, -0.2) is 31.6 Å². The van der Waals surface area contributed by atoms with Crippen molar-refractivity contribution in [2.24, 2.45) is 0 Å². The van der Waals surface area contributed by atoms with Gasteiger partial charge < -0.3 is 26.9 Å². The molecule has 0 saturated carbocycles. The maximum Gasteiger partial charge on any atom is 0.673 e. The largest absolute Gasteiger partial charge is 0.673 e. The summed E-state index contributed by atoms with van der Waals surface area (Å²) in [5, 5.41) is 7.87. The summed E-state index contributed by atoms with van der Waals surface area (Å²) in [6.07, 6.45) is 3.30. The fourth-order valence-corrected chi connectivity index (χ4v) is 2.01. The molecule has 1 heterocycles. The molecule has 0 aliphatic carbocycles. The summed E-state index contributed by atoms with van der Waals surface area (Å²) in [6, 6.07) is 8.09. The lowest BCUT2D eigenvalue weighted by atomic mass is 10.1. The molecule has 0 radical (unpaired) electrons. The number of likely N-dealkylation sites (tertiary alicyclic amines) is 1. The van der Waals surface area contributed by atoms with Crippen molar-refractivity contribution in [3.63, 3.8) is 0 Å². The van der Waals surface area contributed by atoms with E-state index in [1.807, 2.05) is 12.1 Å². The van der Waals surface area contributed by atoms with E-state index in [2.05, 4.69) is 17.0 Å². The number of rotatable bonds is 3. The Bertz CT molecular complexity index is 444. The normalized spacial score (nSPS) is 15.3. The Morgan fingerprint density at radius 1 is 1.14 bits per heavy atom. The Balaban J connectivity index is 0.000000383. The number of methoxy groups -OCH3 is 1. The van der Waals surface area contributed by atoms with Crippen LogP contribution in [0.4, 0.5) is 17.3 Å². The first-order chi connectivity index (χ1) is 9.79. The summed E-state index contributed by atoms with van der Waals surface area (Å²) >= 11 is 0. The quantitative estimate of drug-likeness (QED) is 0.678. The molecule has 0 aromatic heterocycles. The van der Waals surface area contributed by atoms with Crippen LogP contribution in [0.2, 0.25) is 0 Å². The highest BCUT2D eigenvalue weighted by molar-refractivity contribution is 6.50. The summed E-state index contributed by atoms with van der Waals surface area (Å²) in [5.41, 5.74) is 1.24. The van der Waals surface area contributed by atoms with Gasteiger partial charge in [-0.25, -0.2) is 0 Å². The molecular weight excluding hydrogens is 287 g/mol. The van der Waals surface area contributed by atoms with Gasteiger partial charge in [0.25, 0.3) is 0 Å². The maximum atomic E-state index is 9.75. The average molecular weight is 305 g/mol. The number of ether oxygens (including phenoxy) is 1. The molecule has 1 saturated heterocycles. The first-order valence-corrected chi connectivity index (χ1v) is 6.62. The number of hydrogen-bond acceptors (Lipinski definition) is 2. The zero-order chi connectivity index (χ0) is 15.9. The minimum Gasteiger partial charge on any atom is -0.497 e. The van der Waals surface area contributed by atoms with Gasteiger partial charge in [0.15, 0.2) is 0 Å². The summed E-state index contributed by atoms with van der Waals surface area (Å²) < 4.78 is 44.1. The third kappa shape index (κ3) is 7.58. The van der Waals surface area contributed by atoms with Gasteiger partial charge in [0.2, 0.25) is 0 Å². The van der Waals surface area contributed by atoms with E-state index in [9.17, 15) is 17.3 Å². The molecule has 21 heavy (non-hydrogen) atoms. The van der Waals surface area contributed by atoms with Crippen LogP contribution in [0.3, 0.4) is 0 Å². The molecule has 118 valence electrons. The molecule has 1 aliphatic heterocycles. The molecule has 8 heteroatoms. The highest BCUT2D eigenvalue weighted by atomic mass is 19.5. The van der Waals surface area contributed by atoms with Gasteiger partial charge in [-0.2, -0.15) is 0 Å². The molecule has 0 atom stereocenters. The summed E-state index contributed by atoms with van der Waals surface area (Å²) in [6.45, 7) is 1.87. The van der Waals surface area contributed by atoms with E-state index in [4.69, 9.17) is 10.1 Å². The lowest BCUT2D eigenvalue weighted by molar-refractivity contribution is 0.360. The number of piperidine rings is 1. The fourth-order valence-electron chi connectivity index (χ4n) is 2.01. The second-order valence-corrected chi connectivity index (χ2v) is 4.67. The number of benzene rings is 1. The third-order valence-electron chi connectivity index (χ3n) is 3.01. The van der Waals surface area contributed by atoms with E-state index in [0.717, 1.165) is 37.5 Å². The molecule has 1 aromatic carbocycles. The van der Waals surface area contributed by atoms with E-state index in [-0.39, 0.29) is 0 Å². The third-order valence-corrected chi connectivity index (χ3v) is 3.01. The van der Waals surface area contributed by atoms with Crippen LogP contribution in [0.5, 0.6) is 5.75 Å². The van der Waals surface area contributed by atoms with Gasteiger partial charge in [0, 0.05) is 19.5 Å². The highest BCUT2D eigenvalue weighted by Gasteiger charge is 2.20. The van der Waals surface area contributed by atoms with Crippen molar-refractivity contribution >= 4 is 13.1 Å². The van der Waals surface area contributed by atoms with E-state index >= 15 is 0 Å². The molecule has 3 nitrogen and oxygen atoms in total. The van der Waals surface area contributed by atoms with Gasteiger partial charge in [-0.3, -0.25) is 5.41 Å². The van der Waals surface area contributed by atoms with E-state index < -0.39 is 7.25 Å². The SMILES string of the molecule is COc1ccc(CN2CCCCC2=N)cc1.F[B-](F)(F)F. The van der Waals surface area contributed by atoms with Crippen LogP contribution in [0.25, 0.3) is 0 Å². The number of halogens is 4. The van der Waals surface area contributed by atoms with E-state index in [0.29, 0.717) is 0 Å². The topological polar surface area (TPSA) is 36.3 Å². The first-order valence-electron chi connectivity index (χ1n) is 6.62. The van der Waals surface area contributed by atoms with Gasteiger partial charge in [-0.15, -0.1) is 0 Å². The smallest absolute Gasteiger partial charge is 0.497 e. The van der Waals surface area contributed by atoms with Crippen molar-refractivity contribution in [3.8, 4) is 5.75 Å². The monoisotopic (exact) mass is 305 g/mol. The Labute approximate surface area is 121 Å². The summed E-state index contributed by atoms with van der Waals surface area (Å²) in [7, 11) is -4.32. The van der Waals surface area contributed by atoms with E-state index in [1.165, 1.54) is 12.0 Å². The molecular formula is C13H18BF4N2O-. The van der Waals surface area contributed by atoms with Crippen LogP contribution in [-0.2, 0) is 6.54 Å². The number of nitrogens with zero attached hydrogens (tertiary/aromatic N) is 1. The molecule has 1 fully saturated rings. The van der Waals surface area contributed by atoms with Gasteiger partial charge in [0.05, 0.1) is 12.9 Å². The van der Waals surface area contributed by atoms with E-state index in [1.54, 1.807) is 7.11 Å². The lowest BCUT2D eigenvalue weighted by Crippen LogP contribution is -2.34. The second kappa shape index (κ2) is 7.90. The lowest BCUT2D eigenvalue weighted by Gasteiger charge is -2.29. The number of nitrogens with one attached hydrogen (secondary N) is 1. The standard InChI is InChI=1S/C13H18N2O.BF4/c1-16-12-7-5-11(6-8-12)10-15-9-3-2-4-13(15)14;2-1(3,4)5/h5-8,14H,2-4,9-10H2,1H3;/q;-1. The molecule has 0 unspecified atom stereocenters. The zero-order valence-electron chi connectivity index (χ0n) is 11.8. The predicted molar refractivity (Wildman–Crippen MR) is 75.2 cm³/mol. The fraction of sp³-hybridized carbons (Fsp3) is 0.462. The summed E-state index contributed by atoms with van der Waals surface area (Å²) in [4.78, 5) is 2.16. The molecule has 0 amide bonds. The number of amidine groups is 1. The second-order valence-electron chi connectivity index (χ2n) is 4.67. The van der Waals surface area contributed by atoms with Crippen molar-refractivity contribution in [2.45, 2.75) is 25.8 Å². The van der Waals surface area contributed by atoms with Crippen molar-refractivity contribution in [2.75, 3.05) is 13.7 Å².